The molecule has 1 saturated carbocycles. The van der Waals surface area contributed by atoms with Crippen molar-refractivity contribution in [3.05, 3.63) is 0 Å². The van der Waals surface area contributed by atoms with Gasteiger partial charge < -0.3 is 15.0 Å². The number of nitrogens with zero attached hydrogens (tertiary/aromatic N) is 1. The predicted octanol–water partition coefficient (Wildman–Crippen LogP) is 1.74. The van der Waals surface area contributed by atoms with Crippen LogP contribution < -0.4 is 5.32 Å². The summed E-state index contributed by atoms with van der Waals surface area (Å²) in [6.45, 7) is 7.55. The first-order valence-electron chi connectivity index (χ1n) is 7.44. The second-order valence-corrected chi connectivity index (χ2v) is 7.96. The second-order valence-electron chi connectivity index (χ2n) is 6.81. The van der Waals surface area contributed by atoms with Gasteiger partial charge in [-0.15, -0.1) is 0 Å². The molecule has 0 aromatic rings. The number of carbonyl (C=O) groups is 1. The molecule has 3 atom stereocenters. The molecule has 5 heteroatoms. The molecule has 0 aromatic carbocycles. The summed E-state index contributed by atoms with van der Waals surface area (Å²) in [7, 11) is 3.71. The zero-order valence-corrected chi connectivity index (χ0v) is 14.2. The Hall–Kier alpha value is -0.260. The van der Waals surface area contributed by atoms with Crippen molar-refractivity contribution in [3.8, 4) is 0 Å². The minimum atomic E-state index is -0.120. The number of nitrogens with one attached hydrogen (secondary N) is 1. The van der Waals surface area contributed by atoms with Gasteiger partial charge in [0.05, 0.1) is 5.60 Å². The number of amides is 1. The Morgan fingerprint density at radius 2 is 2.15 bits per heavy atom. The smallest absolute Gasteiger partial charge is 0.224 e. The van der Waals surface area contributed by atoms with Crippen molar-refractivity contribution >= 4 is 17.7 Å². The van der Waals surface area contributed by atoms with Crippen molar-refractivity contribution in [1.29, 1.82) is 0 Å². The number of thioether (sulfide) groups is 1. The zero-order valence-electron chi connectivity index (χ0n) is 13.4. The molecule has 20 heavy (non-hydrogen) atoms. The standard InChI is InChI=1S/C15H28N2O2S/c1-14(2)12(9-15(14,3)19-5)17(4)13(18)8-11-10-20-7-6-16-11/h11-12,16H,6-10H2,1-5H3. The van der Waals surface area contributed by atoms with Crippen molar-refractivity contribution in [3.63, 3.8) is 0 Å². The summed E-state index contributed by atoms with van der Waals surface area (Å²) < 4.78 is 5.65. The predicted molar refractivity (Wildman–Crippen MR) is 84.1 cm³/mol. The quantitative estimate of drug-likeness (QED) is 0.859. The summed E-state index contributed by atoms with van der Waals surface area (Å²) in [5.74, 6) is 2.45. The van der Waals surface area contributed by atoms with Crippen LogP contribution in [0.15, 0.2) is 0 Å². The highest BCUT2D eigenvalue weighted by Gasteiger charge is 2.59. The van der Waals surface area contributed by atoms with E-state index < -0.39 is 0 Å². The van der Waals surface area contributed by atoms with Crippen LogP contribution >= 0.6 is 11.8 Å². The van der Waals surface area contributed by atoms with Crippen LogP contribution in [0.3, 0.4) is 0 Å². The van der Waals surface area contributed by atoms with E-state index in [1.54, 1.807) is 7.11 Å². The summed E-state index contributed by atoms with van der Waals surface area (Å²) in [6, 6.07) is 0.608. The first-order valence-corrected chi connectivity index (χ1v) is 8.59. The van der Waals surface area contributed by atoms with Gasteiger partial charge in [0, 0.05) is 56.1 Å². The molecular weight excluding hydrogens is 272 g/mol. The van der Waals surface area contributed by atoms with Gasteiger partial charge in [-0.3, -0.25) is 4.79 Å². The fourth-order valence-electron chi connectivity index (χ4n) is 3.36. The second kappa shape index (κ2) is 5.85. The summed E-state index contributed by atoms with van der Waals surface area (Å²) in [6.07, 6.45) is 1.53. The molecule has 1 saturated heterocycles. The average molecular weight is 300 g/mol. The SMILES string of the molecule is COC1(C)CC(N(C)C(=O)CC2CSCCN2)C1(C)C. The van der Waals surface area contributed by atoms with Crippen LogP contribution in [0.1, 0.15) is 33.6 Å². The molecule has 2 rings (SSSR count). The van der Waals surface area contributed by atoms with Crippen LogP contribution in [0.4, 0.5) is 0 Å². The molecule has 1 aliphatic carbocycles. The summed E-state index contributed by atoms with van der Waals surface area (Å²) in [4.78, 5) is 14.4. The number of ether oxygens (including phenoxy) is 1. The molecule has 0 radical (unpaired) electrons. The number of hydrogen-bond donors (Lipinski definition) is 1. The van der Waals surface area contributed by atoms with Crippen LogP contribution in [-0.4, -0.2) is 60.7 Å². The zero-order chi connectivity index (χ0) is 15.0. The van der Waals surface area contributed by atoms with Crippen LogP contribution in [0.2, 0.25) is 0 Å². The van der Waals surface area contributed by atoms with Crippen LogP contribution in [0.5, 0.6) is 0 Å². The Morgan fingerprint density at radius 1 is 1.45 bits per heavy atom. The third kappa shape index (κ3) is 2.72. The van der Waals surface area contributed by atoms with Crippen LogP contribution in [0.25, 0.3) is 0 Å². The van der Waals surface area contributed by atoms with Crippen molar-refractivity contribution in [2.45, 2.75) is 51.3 Å². The van der Waals surface area contributed by atoms with E-state index in [4.69, 9.17) is 4.74 Å². The lowest BCUT2D eigenvalue weighted by molar-refractivity contribution is -0.207. The van der Waals surface area contributed by atoms with E-state index in [2.05, 4.69) is 26.1 Å². The maximum atomic E-state index is 12.5. The summed E-state index contributed by atoms with van der Waals surface area (Å²) >= 11 is 1.93. The minimum absolute atomic E-state index is 0.000896. The lowest BCUT2D eigenvalue weighted by Crippen LogP contribution is -2.68. The third-order valence-electron chi connectivity index (χ3n) is 5.51. The Morgan fingerprint density at radius 3 is 2.65 bits per heavy atom. The minimum Gasteiger partial charge on any atom is -0.378 e. The van der Waals surface area contributed by atoms with Gasteiger partial charge in [0.15, 0.2) is 0 Å². The van der Waals surface area contributed by atoms with Gasteiger partial charge in [0.2, 0.25) is 5.91 Å². The number of methoxy groups -OCH3 is 1. The number of rotatable bonds is 4. The molecule has 2 fully saturated rings. The van der Waals surface area contributed by atoms with Gasteiger partial charge in [-0.2, -0.15) is 11.8 Å². The van der Waals surface area contributed by atoms with E-state index >= 15 is 0 Å². The van der Waals surface area contributed by atoms with Gasteiger partial charge in [-0.1, -0.05) is 13.8 Å². The lowest BCUT2D eigenvalue weighted by atomic mass is 9.55. The maximum absolute atomic E-state index is 12.5. The van der Waals surface area contributed by atoms with Crippen molar-refractivity contribution in [2.75, 3.05) is 32.2 Å². The van der Waals surface area contributed by atoms with Gasteiger partial charge in [-0.05, 0) is 13.3 Å². The third-order valence-corrected chi connectivity index (χ3v) is 6.64. The highest BCUT2D eigenvalue weighted by atomic mass is 32.2. The van der Waals surface area contributed by atoms with E-state index in [0.717, 1.165) is 24.5 Å². The number of hydrogen-bond acceptors (Lipinski definition) is 4. The summed E-state index contributed by atoms with van der Waals surface area (Å²) in [5, 5.41) is 3.43. The highest BCUT2D eigenvalue weighted by Crippen LogP contribution is 2.53. The molecule has 1 aliphatic heterocycles. The van der Waals surface area contributed by atoms with E-state index in [1.807, 2.05) is 23.7 Å². The molecule has 1 amide bonds. The van der Waals surface area contributed by atoms with Crippen LogP contribution in [-0.2, 0) is 9.53 Å². The van der Waals surface area contributed by atoms with E-state index in [0.29, 0.717) is 12.5 Å². The molecule has 116 valence electrons. The molecular formula is C15H28N2O2S. The van der Waals surface area contributed by atoms with Crippen molar-refractivity contribution < 1.29 is 9.53 Å². The van der Waals surface area contributed by atoms with Gasteiger partial charge in [0.25, 0.3) is 0 Å². The Balaban J connectivity index is 1.91. The molecule has 1 heterocycles. The highest BCUT2D eigenvalue weighted by molar-refractivity contribution is 7.99. The van der Waals surface area contributed by atoms with Crippen molar-refractivity contribution in [2.24, 2.45) is 5.41 Å². The first kappa shape index (κ1) is 16.1. The Labute approximate surface area is 127 Å². The fourth-order valence-corrected chi connectivity index (χ4v) is 4.30. The van der Waals surface area contributed by atoms with Gasteiger partial charge >= 0.3 is 0 Å². The van der Waals surface area contributed by atoms with Crippen LogP contribution in [0, 0.1) is 5.41 Å². The first-order chi connectivity index (χ1) is 9.32. The van der Waals surface area contributed by atoms with E-state index in [1.165, 1.54) is 0 Å². The maximum Gasteiger partial charge on any atom is 0.224 e. The molecule has 1 N–H and O–H groups in total. The monoisotopic (exact) mass is 300 g/mol. The largest absolute Gasteiger partial charge is 0.378 e. The molecule has 4 nitrogen and oxygen atoms in total. The Bertz CT molecular complexity index is 369. The normalized spacial score (nSPS) is 36.2. The van der Waals surface area contributed by atoms with Crippen molar-refractivity contribution in [1.82, 2.24) is 10.2 Å². The van der Waals surface area contributed by atoms with E-state index in [-0.39, 0.29) is 23.0 Å². The lowest BCUT2D eigenvalue weighted by Gasteiger charge is -2.61. The fraction of sp³-hybridized carbons (Fsp3) is 0.933. The molecule has 2 aliphatic rings. The summed E-state index contributed by atoms with van der Waals surface area (Å²) in [5.41, 5.74) is -0.119. The van der Waals surface area contributed by atoms with Gasteiger partial charge in [-0.25, -0.2) is 0 Å². The van der Waals surface area contributed by atoms with E-state index in [9.17, 15) is 4.79 Å². The molecule has 3 unspecified atom stereocenters. The molecule has 0 spiro atoms. The molecule has 0 bridgehead atoms. The van der Waals surface area contributed by atoms with Gasteiger partial charge in [0.1, 0.15) is 0 Å². The topological polar surface area (TPSA) is 41.6 Å². The molecule has 0 aromatic heterocycles. The Kier molecular flexibility index (Phi) is 4.72. The average Bonchev–Trinajstić information content (AvgIpc) is 2.44. The number of carbonyl (C=O) groups excluding carboxylic acids is 1.